The number of hydrogen-bond donors (Lipinski definition) is 0. The van der Waals surface area contributed by atoms with E-state index < -0.39 is 10.9 Å². The number of hydrogen-bond acceptors (Lipinski definition) is 7. The zero-order valence-corrected chi connectivity index (χ0v) is 15.5. The molecule has 0 saturated carbocycles. The van der Waals surface area contributed by atoms with Crippen molar-refractivity contribution >= 4 is 23.0 Å². The van der Waals surface area contributed by atoms with Crippen molar-refractivity contribution in [3.8, 4) is 16.3 Å². The van der Waals surface area contributed by atoms with E-state index in [1.165, 1.54) is 29.5 Å². The average molecular weight is 384 g/mol. The Balaban J connectivity index is 1.67. The number of esters is 1. The number of ether oxygens (including phenoxy) is 2. The van der Waals surface area contributed by atoms with Gasteiger partial charge in [-0.15, -0.1) is 11.3 Å². The molecular weight excluding hydrogens is 368 g/mol. The van der Waals surface area contributed by atoms with E-state index >= 15 is 0 Å². The van der Waals surface area contributed by atoms with E-state index in [2.05, 4.69) is 4.98 Å². The van der Waals surface area contributed by atoms with Crippen LogP contribution in [0.1, 0.15) is 21.6 Å². The normalized spacial score (nSPS) is 10.4. The molecule has 8 heteroatoms. The van der Waals surface area contributed by atoms with Crippen molar-refractivity contribution in [2.24, 2.45) is 0 Å². The maximum absolute atomic E-state index is 12.2. The largest absolute Gasteiger partial charge is 0.497 e. The molecule has 0 fully saturated rings. The Morgan fingerprint density at radius 2 is 2.07 bits per heavy atom. The molecule has 138 valence electrons. The molecule has 0 amide bonds. The quantitative estimate of drug-likeness (QED) is 0.355. The topological polar surface area (TPSA) is 91.6 Å². The number of nitro groups is 1. The summed E-state index contributed by atoms with van der Waals surface area (Å²) in [7, 11) is 1.60. The molecule has 0 bridgehead atoms. The first-order chi connectivity index (χ1) is 13.0. The van der Waals surface area contributed by atoms with Gasteiger partial charge in [0.05, 0.1) is 23.3 Å². The molecule has 0 saturated heterocycles. The maximum Gasteiger partial charge on any atom is 0.338 e. The standard InChI is InChI=1S/C19H16N2O5S/c1-12-8-14(6-7-17(12)21(23)24)19(22)26-10-15-11-27-18(20-15)13-4-3-5-16(9-13)25-2/h3-9,11H,10H2,1-2H3. The summed E-state index contributed by atoms with van der Waals surface area (Å²) in [4.78, 5) is 27.0. The molecule has 1 heterocycles. The first kappa shape index (κ1) is 18.5. The summed E-state index contributed by atoms with van der Waals surface area (Å²) in [5, 5.41) is 13.5. The summed E-state index contributed by atoms with van der Waals surface area (Å²) in [5.41, 5.74) is 2.19. The number of benzene rings is 2. The van der Waals surface area contributed by atoms with Crippen LogP contribution in [-0.4, -0.2) is 23.0 Å². The summed E-state index contributed by atoms with van der Waals surface area (Å²) >= 11 is 1.44. The molecule has 0 unspecified atom stereocenters. The summed E-state index contributed by atoms with van der Waals surface area (Å²) in [6, 6.07) is 11.7. The van der Waals surface area contributed by atoms with Crippen LogP contribution < -0.4 is 4.74 Å². The molecule has 1 aromatic heterocycles. The van der Waals surface area contributed by atoms with Crippen molar-refractivity contribution < 1.29 is 19.2 Å². The highest BCUT2D eigenvalue weighted by molar-refractivity contribution is 7.13. The highest BCUT2D eigenvalue weighted by Crippen LogP contribution is 2.27. The van der Waals surface area contributed by atoms with Gasteiger partial charge in [0.1, 0.15) is 17.4 Å². The van der Waals surface area contributed by atoms with Gasteiger partial charge < -0.3 is 9.47 Å². The molecule has 2 aromatic carbocycles. The van der Waals surface area contributed by atoms with Crippen molar-refractivity contribution in [3.63, 3.8) is 0 Å². The average Bonchev–Trinajstić information content (AvgIpc) is 3.15. The third-order valence-corrected chi connectivity index (χ3v) is 4.79. The van der Waals surface area contributed by atoms with Gasteiger partial charge in [-0.05, 0) is 31.2 Å². The van der Waals surface area contributed by atoms with Gasteiger partial charge in [-0.25, -0.2) is 9.78 Å². The highest BCUT2D eigenvalue weighted by atomic mass is 32.1. The lowest BCUT2D eigenvalue weighted by molar-refractivity contribution is -0.385. The first-order valence-electron chi connectivity index (χ1n) is 7.99. The molecule has 0 aliphatic carbocycles. The van der Waals surface area contributed by atoms with Crippen LogP contribution >= 0.6 is 11.3 Å². The third kappa shape index (κ3) is 4.29. The van der Waals surface area contributed by atoms with E-state index in [0.717, 1.165) is 16.3 Å². The number of rotatable bonds is 6. The number of methoxy groups -OCH3 is 1. The van der Waals surface area contributed by atoms with Crippen molar-refractivity contribution in [1.82, 2.24) is 4.98 Å². The van der Waals surface area contributed by atoms with E-state index in [0.29, 0.717) is 11.3 Å². The second kappa shape index (κ2) is 7.96. The van der Waals surface area contributed by atoms with E-state index in [9.17, 15) is 14.9 Å². The zero-order valence-electron chi connectivity index (χ0n) is 14.7. The molecule has 7 nitrogen and oxygen atoms in total. The minimum absolute atomic E-state index is 0.0232. The van der Waals surface area contributed by atoms with Crippen LogP contribution in [0.4, 0.5) is 5.69 Å². The predicted octanol–water partition coefficient (Wildman–Crippen LogP) is 4.39. The van der Waals surface area contributed by atoms with Crippen LogP contribution in [-0.2, 0) is 11.3 Å². The lowest BCUT2D eigenvalue weighted by Crippen LogP contribution is -2.06. The second-order valence-corrected chi connectivity index (χ2v) is 6.57. The van der Waals surface area contributed by atoms with Crippen LogP contribution in [0.15, 0.2) is 47.8 Å². The highest BCUT2D eigenvalue weighted by Gasteiger charge is 2.15. The number of nitro benzene ring substituents is 1. The molecular formula is C19H16N2O5S. The Morgan fingerprint density at radius 3 is 2.78 bits per heavy atom. The fraction of sp³-hybridized carbons (Fsp3) is 0.158. The molecule has 0 N–H and O–H groups in total. The number of thiazole rings is 1. The summed E-state index contributed by atoms with van der Waals surface area (Å²) in [6.07, 6.45) is 0. The van der Waals surface area contributed by atoms with E-state index in [1.54, 1.807) is 14.0 Å². The molecule has 0 atom stereocenters. The third-order valence-electron chi connectivity index (χ3n) is 3.85. The van der Waals surface area contributed by atoms with Gasteiger partial charge in [0.15, 0.2) is 0 Å². The Bertz CT molecular complexity index is 999. The summed E-state index contributed by atoms with van der Waals surface area (Å²) in [5.74, 6) is 0.188. The van der Waals surface area contributed by atoms with Crippen molar-refractivity contribution in [2.75, 3.05) is 7.11 Å². The fourth-order valence-electron chi connectivity index (χ4n) is 2.47. The fourth-order valence-corrected chi connectivity index (χ4v) is 3.27. The SMILES string of the molecule is COc1cccc(-c2nc(COC(=O)c3ccc([N+](=O)[O-])c(C)c3)cs2)c1. The van der Waals surface area contributed by atoms with Crippen molar-refractivity contribution in [3.05, 3.63) is 74.8 Å². The Morgan fingerprint density at radius 1 is 1.26 bits per heavy atom. The first-order valence-corrected chi connectivity index (χ1v) is 8.87. The van der Waals surface area contributed by atoms with Crippen molar-refractivity contribution in [1.29, 1.82) is 0 Å². The summed E-state index contributed by atoms with van der Waals surface area (Å²) in [6.45, 7) is 1.60. The van der Waals surface area contributed by atoms with Crippen LogP contribution in [0, 0.1) is 17.0 Å². The Hall–Kier alpha value is -3.26. The zero-order chi connectivity index (χ0) is 19.4. The van der Waals surface area contributed by atoms with Crippen LogP contribution in [0.25, 0.3) is 10.6 Å². The molecule has 3 aromatic rings. The number of aryl methyl sites for hydroxylation is 1. The lowest BCUT2D eigenvalue weighted by Gasteiger charge is -2.04. The molecule has 0 aliphatic rings. The minimum Gasteiger partial charge on any atom is -0.497 e. The van der Waals surface area contributed by atoms with Gasteiger partial charge in [0, 0.05) is 22.6 Å². The maximum atomic E-state index is 12.2. The predicted molar refractivity (Wildman–Crippen MR) is 101 cm³/mol. The number of aromatic nitrogens is 1. The number of nitrogens with zero attached hydrogens (tertiary/aromatic N) is 2. The van der Waals surface area contributed by atoms with Gasteiger partial charge in [-0.2, -0.15) is 0 Å². The molecule has 0 aliphatic heterocycles. The number of carbonyl (C=O) groups excluding carboxylic acids is 1. The van der Waals surface area contributed by atoms with Crippen LogP contribution in [0.3, 0.4) is 0 Å². The smallest absolute Gasteiger partial charge is 0.338 e. The monoisotopic (exact) mass is 384 g/mol. The molecule has 0 radical (unpaired) electrons. The lowest BCUT2D eigenvalue weighted by atomic mass is 10.1. The van der Waals surface area contributed by atoms with Crippen LogP contribution in [0.2, 0.25) is 0 Å². The molecule has 3 rings (SSSR count). The van der Waals surface area contributed by atoms with E-state index in [4.69, 9.17) is 9.47 Å². The van der Waals surface area contributed by atoms with Gasteiger partial charge in [0.25, 0.3) is 5.69 Å². The van der Waals surface area contributed by atoms with Gasteiger partial charge in [0.2, 0.25) is 0 Å². The van der Waals surface area contributed by atoms with E-state index in [-0.39, 0.29) is 17.9 Å². The van der Waals surface area contributed by atoms with Crippen molar-refractivity contribution in [2.45, 2.75) is 13.5 Å². The second-order valence-electron chi connectivity index (χ2n) is 5.71. The van der Waals surface area contributed by atoms with Gasteiger partial charge in [-0.1, -0.05) is 12.1 Å². The van der Waals surface area contributed by atoms with Gasteiger partial charge in [-0.3, -0.25) is 10.1 Å². The Kier molecular flexibility index (Phi) is 5.46. The molecule has 0 spiro atoms. The van der Waals surface area contributed by atoms with Gasteiger partial charge >= 0.3 is 5.97 Å². The van der Waals surface area contributed by atoms with E-state index in [1.807, 2.05) is 29.6 Å². The Labute approximate surface area is 159 Å². The summed E-state index contributed by atoms with van der Waals surface area (Å²) < 4.78 is 10.5. The molecule has 27 heavy (non-hydrogen) atoms. The minimum atomic E-state index is -0.552. The van der Waals surface area contributed by atoms with Crippen LogP contribution in [0.5, 0.6) is 5.75 Å². The number of carbonyl (C=O) groups is 1.